The lowest BCUT2D eigenvalue weighted by Gasteiger charge is -1.96. The number of fused-ring (bicyclic) bond motifs is 1. The summed E-state index contributed by atoms with van der Waals surface area (Å²) in [5.41, 5.74) is 2.80. The summed E-state index contributed by atoms with van der Waals surface area (Å²) in [5, 5.41) is 19.0. The summed E-state index contributed by atoms with van der Waals surface area (Å²) < 4.78 is 1.06. The smallest absolute Gasteiger partial charge is 0.135 e. The van der Waals surface area contributed by atoms with Gasteiger partial charge in [-0.1, -0.05) is 24.3 Å². The number of hydrogen-bond acceptors (Lipinski definition) is 4. The van der Waals surface area contributed by atoms with Gasteiger partial charge in [0.2, 0.25) is 0 Å². The third-order valence-corrected chi connectivity index (χ3v) is 4.04. The third kappa shape index (κ3) is 2.67. The molecule has 0 atom stereocenters. The molecule has 0 saturated carbocycles. The minimum Gasteiger partial charge on any atom is -0.235 e. The molecule has 0 N–H and O–H groups in total. The molecule has 1 aromatic heterocycles. The quantitative estimate of drug-likeness (QED) is 0.662. The Hall–Kier alpha value is -2.95. The predicted octanol–water partition coefficient (Wildman–Crippen LogP) is 4.23. The Balaban J connectivity index is 2.07. The van der Waals surface area contributed by atoms with E-state index in [9.17, 15) is 5.26 Å². The number of allylic oxidation sites excluding steroid dienone is 1. The van der Waals surface area contributed by atoms with Gasteiger partial charge in [-0.05, 0) is 35.9 Å². The standard InChI is InChI=1S/C17H9N3S/c18-10-13-5-3-4-12(8-13)9-14(11-19)17-20-15-6-1-2-7-16(15)21-17/h1-9H/b14-9-. The topological polar surface area (TPSA) is 60.5 Å². The first-order chi connectivity index (χ1) is 10.3. The SMILES string of the molecule is N#C/C(=C/c1cccc(C#N)c1)c1nc2ccccc2s1. The Bertz CT molecular complexity index is 890. The van der Waals surface area contributed by atoms with E-state index in [1.165, 1.54) is 11.3 Å². The summed E-state index contributed by atoms with van der Waals surface area (Å²) in [4.78, 5) is 4.49. The van der Waals surface area contributed by atoms with E-state index in [-0.39, 0.29) is 0 Å². The van der Waals surface area contributed by atoms with E-state index in [0.29, 0.717) is 16.1 Å². The summed E-state index contributed by atoms with van der Waals surface area (Å²) in [7, 11) is 0. The number of hydrogen-bond donors (Lipinski definition) is 0. The second-order valence-electron chi connectivity index (χ2n) is 4.39. The molecule has 0 saturated heterocycles. The highest BCUT2D eigenvalue weighted by atomic mass is 32.1. The van der Waals surface area contributed by atoms with Crippen LogP contribution >= 0.6 is 11.3 Å². The number of aromatic nitrogens is 1. The summed E-state index contributed by atoms with van der Waals surface area (Å²) in [5.74, 6) is 0. The monoisotopic (exact) mass is 287 g/mol. The van der Waals surface area contributed by atoms with Crippen molar-refractivity contribution in [3.05, 3.63) is 64.7 Å². The van der Waals surface area contributed by atoms with E-state index >= 15 is 0 Å². The van der Waals surface area contributed by atoms with Crippen molar-refractivity contribution in [1.82, 2.24) is 4.98 Å². The van der Waals surface area contributed by atoms with Crippen molar-refractivity contribution in [2.24, 2.45) is 0 Å². The Morgan fingerprint density at radius 2 is 1.95 bits per heavy atom. The van der Waals surface area contributed by atoms with Crippen LogP contribution in [-0.4, -0.2) is 4.98 Å². The highest BCUT2D eigenvalue weighted by Gasteiger charge is 2.08. The van der Waals surface area contributed by atoms with Gasteiger partial charge >= 0.3 is 0 Å². The lowest BCUT2D eigenvalue weighted by Crippen LogP contribution is -1.81. The minimum absolute atomic E-state index is 0.506. The molecular weight excluding hydrogens is 278 g/mol. The van der Waals surface area contributed by atoms with Gasteiger partial charge in [-0.15, -0.1) is 11.3 Å². The van der Waals surface area contributed by atoms with Gasteiger partial charge in [0, 0.05) is 0 Å². The summed E-state index contributed by atoms with van der Waals surface area (Å²) in [6, 6.07) is 19.3. The number of benzene rings is 2. The Morgan fingerprint density at radius 3 is 2.71 bits per heavy atom. The highest BCUT2D eigenvalue weighted by molar-refractivity contribution is 7.19. The van der Waals surface area contributed by atoms with Crippen LogP contribution < -0.4 is 0 Å². The zero-order valence-corrected chi connectivity index (χ0v) is 11.8. The van der Waals surface area contributed by atoms with Crippen LogP contribution in [0.3, 0.4) is 0 Å². The van der Waals surface area contributed by atoms with E-state index in [1.807, 2.05) is 30.3 Å². The summed E-state index contributed by atoms with van der Waals surface area (Å²) >= 11 is 1.49. The molecule has 0 unspecified atom stereocenters. The molecular formula is C17H9N3S. The molecule has 0 spiro atoms. The van der Waals surface area contributed by atoms with Gasteiger partial charge < -0.3 is 0 Å². The normalized spacial score (nSPS) is 11.0. The zero-order valence-electron chi connectivity index (χ0n) is 10.9. The molecule has 3 aromatic rings. The van der Waals surface area contributed by atoms with Gasteiger partial charge in [0.1, 0.15) is 11.1 Å². The van der Waals surface area contributed by atoms with Gasteiger partial charge in [-0.2, -0.15) is 10.5 Å². The molecule has 0 aliphatic carbocycles. The maximum Gasteiger partial charge on any atom is 0.135 e. The van der Waals surface area contributed by atoms with E-state index in [0.717, 1.165) is 15.8 Å². The zero-order chi connectivity index (χ0) is 14.7. The maximum absolute atomic E-state index is 9.38. The molecule has 4 heteroatoms. The van der Waals surface area contributed by atoms with Gasteiger partial charge in [-0.25, -0.2) is 4.98 Å². The predicted molar refractivity (Wildman–Crippen MR) is 84.3 cm³/mol. The van der Waals surface area contributed by atoms with Gasteiger partial charge in [0.15, 0.2) is 0 Å². The molecule has 2 aromatic carbocycles. The molecule has 0 fully saturated rings. The van der Waals surface area contributed by atoms with Crippen LogP contribution in [0.4, 0.5) is 0 Å². The van der Waals surface area contributed by atoms with Crippen LogP contribution in [0.2, 0.25) is 0 Å². The first kappa shape index (κ1) is 13.1. The van der Waals surface area contributed by atoms with Crippen LogP contribution in [0.15, 0.2) is 48.5 Å². The van der Waals surface area contributed by atoms with E-state index < -0.39 is 0 Å². The molecule has 98 valence electrons. The Morgan fingerprint density at radius 1 is 1.10 bits per heavy atom. The van der Waals surface area contributed by atoms with Crippen molar-refractivity contribution < 1.29 is 0 Å². The molecule has 3 rings (SSSR count). The van der Waals surface area contributed by atoms with Crippen molar-refractivity contribution in [1.29, 1.82) is 10.5 Å². The van der Waals surface area contributed by atoms with Crippen LogP contribution in [0.5, 0.6) is 0 Å². The van der Waals surface area contributed by atoms with Gasteiger partial charge in [-0.3, -0.25) is 0 Å². The van der Waals surface area contributed by atoms with Crippen LogP contribution in [0, 0.1) is 22.7 Å². The number of nitriles is 2. The summed E-state index contributed by atoms with van der Waals surface area (Å²) in [6.45, 7) is 0. The molecule has 0 bridgehead atoms. The van der Waals surface area contributed by atoms with Crippen LogP contribution in [0.25, 0.3) is 21.9 Å². The fourth-order valence-corrected chi connectivity index (χ4v) is 2.93. The number of nitrogens with zero attached hydrogens (tertiary/aromatic N) is 3. The lowest BCUT2D eigenvalue weighted by atomic mass is 10.1. The highest BCUT2D eigenvalue weighted by Crippen LogP contribution is 2.27. The first-order valence-electron chi connectivity index (χ1n) is 6.28. The average Bonchev–Trinajstić information content (AvgIpc) is 2.96. The van der Waals surface area contributed by atoms with Crippen LogP contribution in [0.1, 0.15) is 16.1 Å². The fourth-order valence-electron chi connectivity index (χ4n) is 1.99. The maximum atomic E-state index is 9.38. The number of thiazole rings is 1. The minimum atomic E-state index is 0.506. The van der Waals surface area contributed by atoms with Crippen molar-refractivity contribution in [2.45, 2.75) is 0 Å². The van der Waals surface area contributed by atoms with Crippen molar-refractivity contribution in [3.8, 4) is 12.1 Å². The van der Waals surface area contributed by atoms with Gasteiger partial charge in [0.05, 0.1) is 27.4 Å². The largest absolute Gasteiger partial charge is 0.235 e. The first-order valence-corrected chi connectivity index (χ1v) is 7.10. The molecule has 21 heavy (non-hydrogen) atoms. The number of para-hydroxylation sites is 1. The van der Waals surface area contributed by atoms with Crippen molar-refractivity contribution in [3.63, 3.8) is 0 Å². The van der Waals surface area contributed by atoms with Crippen molar-refractivity contribution >= 4 is 33.2 Å². The third-order valence-electron chi connectivity index (χ3n) is 2.97. The van der Waals surface area contributed by atoms with E-state index in [4.69, 9.17) is 5.26 Å². The second-order valence-corrected chi connectivity index (χ2v) is 5.42. The second kappa shape index (κ2) is 5.58. The molecule has 1 heterocycles. The molecule has 3 nitrogen and oxygen atoms in total. The lowest BCUT2D eigenvalue weighted by molar-refractivity contribution is 1.43. The Labute approximate surface area is 126 Å². The van der Waals surface area contributed by atoms with Gasteiger partial charge in [0.25, 0.3) is 0 Å². The molecule has 0 aliphatic heterocycles. The Kier molecular flexibility index (Phi) is 3.47. The number of rotatable bonds is 2. The average molecular weight is 287 g/mol. The summed E-state index contributed by atoms with van der Waals surface area (Å²) in [6.07, 6.45) is 1.76. The van der Waals surface area contributed by atoms with E-state index in [1.54, 1.807) is 24.3 Å². The van der Waals surface area contributed by atoms with E-state index in [2.05, 4.69) is 17.1 Å². The van der Waals surface area contributed by atoms with Crippen LogP contribution in [-0.2, 0) is 0 Å². The molecule has 0 aliphatic rings. The molecule has 0 radical (unpaired) electrons. The fraction of sp³-hybridized carbons (Fsp3) is 0. The van der Waals surface area contributed by atoms with Crippen molar-refractivity contribution in [2.75, 3.05) is 0 Å². The molecule has 0 amide bonds.